The van der Waals surface area contributed by atoms with Gasteiger partial charge in [0.2, 0.25) is 0 Å². The highest BCUT2D eigenvalue weighted by Gasteiger charge is 2.00. The van der Waals surface area contributed by atoms with Crippen molar-refractivity contribution in [3.05, 3.63) is 29.0 Å². The van der Waals surface area contributed by atoms with E-state index in [0.29, 0.717) is 0 Å². The molecule has 62 valence electrons. The molecule has 2 aromatic heterocycles. The highest BCUT2D eigenvalue weighted by atomic mass is 32.1. The molecule has 4 heteroatoms. The van der Waals surface area contributed by atoms with Crippen molar-refractivity contribution in [1.29, 1.82) is 0 Å². The van der Waals surface area contributed by atoms with E-state index in [9.17, 15) is 0 Å². The van der Waals surface area contributed by atoms with Crippen LogP contribution in [0.25, 0.3) is 0 Å². The molecule has 0 radical (unpaired) electrons. The Morgan fingerprint density at radius 3 is 2.67 bits per heavy atom. The van der Waals surface area contributed by atoms with E-state index in [1.165, 1.54) is 0 Å². The van der Waals surface area contributed by atoms with Gasteiger partial charge in [-0.2, -0.15) is 0 Å². The molecule has 0 bridgehead atoms. The lowest BCUT2D eigenvalue weighted by Crippen LogP contribution is -1.88. The number of hydrogen-bond donors (Lipinski definition) is 2. The van der Waals surface area contributed by atoms with E-state index >= 15 is 0 Å². The Kier molecular flexibility index (Phi) is 2.01. The summed E-state index contributed by atoms with van der Waals surface area (Å²) in [6.07, 6.45) is 0. The van der Waals surface area contributed by atoms with Crippen molar-refractivity contribution in [2.24, 2.45) is 0 Å². The summed E-state index contributed by atoms with van der Waals surface area (Å²) in [5.41, 5.74) is 6.52. The second kappa shape index (κ2) is 3.16. The SMILES string of the molecule is Nc1ccsc1Nc1cccs1. The van der Waals surface area contributed by atoms with Crippen molar-refractivity contribution >= 4 is 38.4 Å². The average molecular weight is 196 g/mol. The number of thiophene rings is 2. The van der Waals surface area contributed by atoms with Gasteiger partial charge in [0.25, 0.3) is 0 Å². The molecule has 0 aromatic carbocycles. The molecule has 12 heavy (non-hydrogen) atoms. The van der Waals surface area contributed by atoms with Crippen LogP contribution in [-0.2, 0) is 0 Å². The largest absolute Gasteiger partial charge is 0.396 e. The van der Waals surface area contributed by atoms with Crippen LogP contribution in [-0.4, -0.2) is 0 Å². The Morgan fingerprint density at radius 2 is 2.08 bits per heavy atom. The Balaban J connectivity index is 2.20. The highest BCUT2D eigenvalue weighted by Crippen LogP contribution is 2.30. The minimum Gasteiger partial charge on any atom is -0.396 e. The normalized spacial score (nSPS) is 10.0. The van der Waals surface area contributed by atoms with Crippen LogP contribution in [0.5, 0.6) is 0 Å². The standard InChI is InChI=1S/C8H8N2S2/c9-6-3-5-12-8(6)10-7-2-1-4-11-7/h1-5,10H,9H2. The first-order valence-corrected chi connectivity index (χ1v) is 5.25. The summed E-state index contributed by atoms with van der Waals surface area (Å²) in [5, 5.41) is 9.41. The van der Waals surface area contributed by atoms with Crippen molar-refractivity contribution in [3.8, 4) is 0 Å². The Labute approximate surface area is 78.7 Å². The third kappa shape index (κ3) is 1.44. The molecular weight excluding hydrogens is 188 g/mol. The van der Waals surface area contributed by atoms with Crippen LogP contribution in [0.2, 0.25) is 0 Å². The Morgan fingerprint density at radius 1 is 1.17 bits per heavy atom. The topological polar surface area (TPSA) is 38.0 Å². The second-order valence-corrected chi connectivity index (χ2v) is 4.17. The Bertz CT molecular complexity index is 351. The molecule has 0 aliphatic heterocycles. The first kappa shape index (κ1) is 7.64. The van der Waals surface area contributed by atoms with Crippen molar-refractivity contribution in [1.82, 2.24) is 0 Å². The zero-order valence-corrected chi connectivity index (χ0v) is 7.91. The maximum absolute atomic E-state index is 5.71. The van der Waals surface area contributed by atoms with Crippen LogP contribution in [0.1, 0.15) is 0 Å². The lowest BCUT2D eigenvalue weighted by atomic mass is 10.5. The van der Waals surface area contributed by atoms with Gasteiger partial charge in [-0.1, -0.05) is 0 Å². The second-order valence-electron chi connectivity index (χ2n) is 2.31. The minimum absolute atomic E-state index is 0.813. The van der Waals surface area contributed by atoms with Gasteiger partial charge in [-0.15, -0.1) is 22.7 Å². The summed E-state index contributed by atoms with van der Waals surface area (Å²) in [6, 6.07) is 5.95. The molecule has 0 aliphatic carbocycles. The van der Waals surface area contributed by atoms with Gasteiger partial charge in [-0.3, -0.25) is 0 Å². The maximum atomic E-state index is 5.71. The molecule has 0 saturated carbocycles. The number of nitrogens with one attached hydrogen (secondary N) is 1. The summed E-state index contributed by atoms with van der Waals surface area (Å²) in [4.78, 5) is 0. The smallest absolute Gasteiger partial charge is 0.117 e. The van der Waals surface area contributed by atoms with E-state index in [2.05, 4.69) is 5.32 Å². The predicted molar refractivity (Wildman–Crippen MR) is 56.3 cm³/mol. The fourth-order valence-electron chi connectivity index (χ4n) is 0.882. The van der Waals surface area contributed by atoms with Crippen LogP contribution in [0.4, 0.5) is 15.7 Å². The van der Waals surface area contributed by atoms with Crippen LogP contribution in [0, 0.1) is 0 Å². The molecule has 0 atom stereocenters. The van der Waals surface area contributed by atoms with Gasteiger partial charge in [0.1, 0.15) is 5.00 Å². The minimum atomic E-state index is 0.813. The first-order valence-electron chi connectivity index (χ1n) is 3.50. The van der Waals surface area contributed by atoms with E-state index in [1.807, 2.05) is 29.0 Å². The van der Waals surface area contributed by atoms with Crippen LogP contribution < -0.4 is 11.1 Å². The van der Waals surface area contributed by atoms with Gasteiger partial charge < -0.3 is 11.1 Å². The molecular formula is C8H8N2S2. The third-order valence-corrected chi connectivity index (χ3v) is 3.08. The lowest BCUT2D eigenvalue weighted by Gasteiger charge is -1.99. The molecule has 2 nitrogen and oxygen atoms in total. The van der Waals surface area contributed by atoms with Gasteiger partial charge in [-0.25, -0.2) is 0 Å². The summed E-state index contributed by atoms with van der Waals surface area (Å²) in [6.45, 7) is 0. The number of nitrogen functional groups attached to an aromatic ring is 1. The van der Waals surface area contributed by atoms with Crippen molar-refractivity contribution in [3.63, 3.8) is 0 Å². The highest BCUT2D eigenvalue weighted by molar-refractivity contribution is 7.16. The van der Waals surface area contributed by atoms with Gasteiger partial charge in [0.15, 0.2) is 0 Å². The van der Waals surface area contributed by atoms with Gasteiger partial charge in [0.05, 0.1) is 10.7 Å². The lowest BCUT2D eigenvalue weighted by molar-refractivity contribution is 1.73. The first-order chi connectivity index (χ1) is 5.86. The van der Waals surface area contributed by atoms with Crippen molar-refractivity contribution in [2.45, 2.75) is 0 Å². The quantitative estimate of drug-likeness (QED) is 0.774. The monoisotopic (exact) mass is 196 g/mol. The summed E-state index contributed by atoms with van der Waals surface area (Å²) < 4.78 is 0. The number of rotatable bonds is 2. The summed E-state index contributed by atoms with van der Waals surface area (Å²) >= 11 is 3.29. The van der Waals surface area contributed by atoms with Crippen LogP contribution in [0.3, 0.4) is 0 Å². The molecule has 2 aromatic rings. The van der Waals surface area contributed by atoms with E-state index in [-0.39, 0.29) is 0 Å². The van der Waals surface area contributed by atoms with Crippen molar-refractivity contribution < 1.29 is 0 Å². The van der Waals surface area contributed by atoms with Crippen molar-refractivity contribution in [2.75, 3.05) is 11.1 Å². The molecule has 0 saturated heterocycles. The zero-order chi connectivity index (χ0) is 8.39. The maximum Gasteiger partial charge on any atom is 0.117 e. The predicted octanol–water partition coefficient (Wildman–Crippen LogP) is 3.14. The molecule has 0 unspecified atom stereocenters. The third-order valence-electron chi connectivity index (χ3n) is 1.45. The van der Waals surface area contributed by atoms with Crippen LogP contribution in [0.15, 0.2) is 29.0 Å². The number of anilines is 3. The zero-order valence-electron chi connectivity index (χ0n) is 6.28. The van der Waals surface area contributed by atoms with E-state index in [4.69, 9.17) is 5.73 Å². The number of nitrogens with two attached hydrogens (primary N) is 1. The molecule has 2 heterocycles. The Hall–Kier alpha value is -1.00. The van der Waals surface area contributed by atoms with E-state index < -0.39 is 0 Å². The molecule has 0 aliphatic rings. The van der Waals surface area contributed by atoms with Gasteiger partial charge in [-0.05, 0) is 29.0 Å². The van der Waals surface area contributed by atoms with E-state index in [1.54, 1.807) is 22.7 Å². The number of hydrogen-bond acceptors (Lipinski definition) is 4. The molecule has 0 spiro atoms. The summed E-state index contributed by atoms with van der Waals surface area (Å²) in [7, 11) is 0. The van der Waals surface area contributed by atoms with Gasteiger partial charge >= 0.3 is 0 Å². The average Bonchev–Trinajstić information content (AvgIpc) is 2.65. The molecule has 2 rings (SSSR count). The fourth-order valence-corrected chi connectivity index (χ4v) is 2.29. The fraction of sp³-hybridized carbons (Fsp3) is 0. The summed E-state index contributed by atoms with van der Waals surface area (Å²) in [5.74, 6) is 0. The van der Waals surface area contributed by atoms with Gasteiger partial charge in [0, 0.05) is 0 Å². The molecule has 0 fully saturated rings. The van der Waals surface area contributed by atoms with Crippen LogP contribution >= 0.6 is 22.7 Å². The van der Waals surface area contributed by atoms with E-state index in [0.717, 1.165) is 15.7 Å². The molecule has 3 N–H and O–H groups in total. The molecule has 0 amide bonds.